The van der Waals surface area contributed by atoms with Crippen molar-refractivity contribution in [2.24, 2.45) is 5.73 Å². The summed E-state index contributed by atoms with van der Waals surface area (Å²) in [5, 5.41) is 23.6. The lowest BCUT2D eigenvalue weighted by atomic mass is 10.2. The number of halogens is 1. The van der Waals surface area contributed by atoms with Gasteiger partial charge < -0.3 is 11.1 Å². The molecule has 35 heavy (non-hydrogen) atoms. The molecule has 0 spiro atoms. The third-order valence-corrected chi connectivity index (χ3v) is 4.25. The number of nitrogens with two attached hydrogens (primary N) is 1. The van der Waals surface area contributed by atoms with Crippen molar-refractivity contribution in [3.63, 3.8) is 0 Å². The van der Waals surface area contributed by atoms with Crippen LogP contribution in [0.5, 0.6) is 0 Å². The molecule has 2 aromatic heterocycles. The van der Waals surface area contributed by atoms with Gasteiger partial charge in [0, 0.05) is 48.9 Å². The van der Waals surface area contributed by atoms with Crippen LogP contribution >= 0.6 is 0 Å². The summed E-state index contributed by atoms with van der Waals surface area (Å²) < 4.78 is 12.1. The molecule has 0 unspecified atom stereocenters. The molecule has 0 aliphatic carbocycles. The molecule has 180 valence electrons. The zero-order valence-corrected chi connectivity index (χ0v) is 18.5. The molecule has 0 bridgehead atoms. The first-order valence-electron chi connectivity index (χ1n) is 10.3. The van der Waals surface area contributed by atoms with Crippen LogP contribution in [-0.2, 0) is 13.1 Å². The maximum atomic E-state index is 12.1. The van der Waals surface area contributed by atoms with Gasteiger partial charge in [-0.3, -0.25) is 30.2 Å². The zero-order chi connectivity index (χ0) is 25.5. The highest BCUT2D eigenvalue weighted by molar-refractivity contribution is 5.48. The summed E-state index contributed by atoms with van der Waals surface area (Å²) in [7, 11) is 0. The van der Waals surface area contributed by atoms with Crippen LogP contribution in [0.15, 0.2) is 97.3 Å². The largest absolute Gasteiger partial charge is 0.379 e. The van der Waals surface area contributed by atoms with Gasteiger partial charge in [-0.1, -0.05) is 12.1 Å². The number of non-ortho nitro benzene ring substituents is 2. The van der Waals surface area contributed by atoms with Crippen molar-refractivity contribution < 1.29 is 14.2 Å². The van der Waals surface area contributed by atoms with Gasteiger partial charge >= 0.3 is 0 Å². The SMILES string of the molecule is NCc1ccccn1.O=[N+]([O-])c1ccc(F)cc1.O=[N+]([O-])c1ccc(NCc2ccccn2)cc1. The van der Waals surface area contributed by atoms with Crippen molar-refractivity contribution >= 4 is 17.1 Å². The molecule has 4 rings (SSSR count). The second-order valence-electron chi connectivity index (χ2n) is 6.74. The first-order chi connectivity index (χ1) is 16.9. The Morgan fingerprint density at radius 2 is 1.23 bits per heavy atom. The van der Waals surface area contributed by atoms with Crippen LogP contribution in [-0.4, -0.2) is 19.8 Å². The Hall–Kier alpha value is -4.77. The summed E-state index contributed by atoms with van der Waals surface area (Å²) in [6.45, 7) is 1.12. The van der Waals surface area contributed by atoms with Crippen molar-refractivity contribution in [2.75, 3.05) is 5.32 Å². The number of aromatic nitrogens is 2. The van der Waals surface area contributed by atoms with E-state index < -0.39 is 15.7 Å². The monoisotopic (exact) mass is 478 g/mol. The summed E-state index contributed by atoms with van der Waals surface area (Å²) in [6.07, 6.45) is 3.47. The third-order valence-electron chi connectivity index (χ3n) is 4.25. The number of nitro benzene ring substituents is 2. The van der Waals surface area contributed by atoms with Crippen LogP contribution in [0.25, 0.3) is 0 Å². The Balaban J connectivity index is 0.000000204. The number of rotatable bonds is 6. The number of hydrogen-bond acceptors (Lipinski definition) is 8. The lowest BCUT2D eigenvalue weighted by Crippen LogP contribution is -2.00. The van der Waals surface area contributed by atoms with Gasteiger partial charge in [-0.05, 0) is 48.5 Å². The van der Waals surface area contributed by atoms with Gasteiger partial charge in [0.15, 0.2) is 0 Å². The van der Waals surface area contributed by atoms with E-state index in [-0.39, 0.29) is 11.4 Å². The van der Waals surface area contributed by atoms with Gasteiger partial charge in [0.25, 0.3) is 11.4 Å². The second-order valence-corrected chi connectivity index (χ2v) is 6.74. The van der Waals surface area contributed by atoms with Gasteiger partial charge in [-0.15, -0.1) is 0 Å². The normalized spacial score (nSPS) is 9.54. The Kier molecular flexibility index (Phi) is 10.9. The van der Waals surface area contributed by atoms with Crippen LogP contribution in [0.4, 0.5) is 21.5 Å². The number of hydrogen-bond donors (Lipinski definition) is 2. The Bertz CT molecular complexity index is 1180. The van der Waals surface area contributed by atoms with E-state index in [9.17, 15) is 24.6 Å². The fraction of sp³-hybridized carbons (Fsp3) is 0.0833. The fourth-order valence-corrected chi connectivity index (χ4v) is 2.48. The standard InChI is InChI=1S/C12H11N3O2.C6H4FNO2.C6H8N2/c16-15(17)12-6-4-10(5-7-12)14-9-11-3-1-2-8-13-11;7-5-1-3-6(4-2-5)8(9)10;7-5-6-3-1-2-4-8-6/h1-8,14H,9H2;1-4H;1-4H,5,7H2. The summed E-state index contributed by atoms with van der Waals surface area (Å²) in [4.78, 5) is 27.6. The maximum Gasteiger partial charge on any atom is 0.269 e. The van der Waals surface area contributed by atoms with Crippen LogP contribution in [0.1, 0.15) is 11.4 Å². The molecule has 0 aliphatic heterocycles. The van der Waals surface area contributed by atoms with E-state index in [4.69, 9.17) is 5.73 Å². The average molecular weight is 478 g/mol. The van der Waals surface area contributed by atoms with Gasteiger partial charge in [-0.2, -0.15) is 0 Å². The van der Waals surface area contributed by atoms with E-state index in [1.807, 2.05) is 36.4 Å². The molecule has 10 nitrogen and oxygen atoms in total. The van der Waals surface area contributed by atoms with E-state index in [0.717, 1.165) is 41.3 Å². The lowest BCUT2D eigenvalue weighted by molar-refractivity contribution is -0.385. The first-order valence-corrected chi connectivity index (χ1v) is 10.3. The van der Waals surface area contributed by atoms with E-state index in [1.165, 1.54) is 12.1 Å². The average Bonchev–Trinajstić information content (AvgIpc) is 2.90. The van der Waals surface area contributed by atoms with E-state index in [1.54, 1.807) is 24.5 Å². The van der Waals surface area contributed by atoms with Gasteiger partial charge in [0.05, 0.1) is 27.8 Å². The first kappa shape index (κ1) is 26.5. The van der Waals surface area contributed by atoms with Crippen molar-refractivity contribution in [2.45, 2.75) is 13.1 Å². The Morgan fingerprint density at radius 1 is 0.743 bits per heavy atom. The molecule has 0 amide bonds. The predicted molar refractivity (Wildman–Crippen MR) is 130 cm³/mol. The summed E-state index contributed by atoms with van der Waals surface area (Å²) in [5.74, 6) is -0.467. The molecule has 0 radical (unpaired) electrons. The molecule has 3 N–H and O–H groups in total. The number of benzene rings is 2. The molecule has 0 aliphatic rings. The Morgan fingerprint density at radius 3 is 1.63 bits per heavy atom. The molecular weight excluding hydrogens is 455 g/mol. The van der Waals surface area contributed by atoms with Crippen LogP contribution in [0.3, 0.4) is 0 Å². The summed E-state index contributed by atoms with van der Waals surface area (Å²) in [5.41, 5.74) is 7.98. The fourth-order valence-electron chi connectivity index (χ4n) is 2.48. The molecule has 0 atom stereocenters. The highest BCUT2D eigenvalue weighted by Crippen LogP contribution is 2.15. The summed E-state index contributed by atoms with van der Waals surface area (Å²) >= 11 is 0. The molecule has 4 aromatic rings. The molecule has 0 saturated carbocycles. The van der Waals surface area contributed by atoms with Gasteiger partial charge in [-0.25, -0.2) is 4.39 Å². The molecular formula is C24H23FN6O4. The van der Waals surface area contributed by atoms with Crippen molar-refractivity contribution in [3.8, 4) is 0 Å². The van der Waals surface area contributed by atoms with Crippen LogP contribution in [0.2, 0.25) is 0 Å². The Labute approximate surface area is 200 Å². The van der Waals surface area contributed by atoms with E-state index >= 15 is 0 Å². The minimum atomic E-state index is -0.570. The molecule has 0 fully saturated rings. The number of nitro groups is 2. The second kappa shape index (κ2) is 14.4. The molecule has 2 aromatic carbocycles. The minimum Gasteiger partial charge on any atom is -0.379 e. The van der Waals surface area contributed by atoms with Crippen LogP contribution in [0, 0.1) is 26.0 Å². The molecule has 0 saturated heterocycles. The highest BCUT2D eigenvalue weighted by Gasteiger charge is 2.03. The van der Waals surface area contributed by atoms with E-state index in [0.29, 0.717) is 13.1 Å². The van der Waals surface area contributed by atoms with E-state index in [2.05, 4.69) is 15.3 Å². The minimum absolute atomic E-state index is 0.0911. The molecule has 2 heterocycles. The lowest BCUT2D eigenvalue weighted by Gasteiger charge is -2.05. The topological polar surface area (TPSA) is 150 Å². The zero-order valence-electron chi connectivity index (χ0n) is 18.5. The number of pyridine rings is 2. The predicted octanol–water partition coefficient (Wildman–Crippen LogP) is 4.88. The third kappa shape index (κ3) is 10.1. The number of anilines is 1. The van der Waals surface area contributed by atoms with Gasteiger partial charge in [0.1, 0.15) is 5.82 Å². The number of nitrogens with zero attached hydrogens (tertiary/aromatic N) is 4. The van der Waals surface area contributed by atoms with Crippen molar-refractivity contribution in [1.82, 2.24) is 9.97 Å². The summed E-state index contributed by atoms with van der Waals surface area (Å²) in [6, 6.07) is 22.0. The van der Waals surface area contributed by atoms with Gasteiger partial charge in [0.2, 0.25) is 0 Å². The smallest absolute Gasteiger partial charge is 0.269 e. The van der Waals surface area contributed by atoms with Crippen molar-refractivity contribution in [3.05, 3.63) is 135 Å². The van der Waals surface area contributed by atoms with Crippen molar-refractivity contribution in [1.29, 1.82) is 0 Å². The maximum absolute atomic E-state index is 12.1. The highest BCUT2D eigenvalue weighted by atomic mass is 19.1. The van der Waals surface area contributed by atoms with Crippen LogP contribution < -0.4 is 11.1 Å². The number of nitrogens with one attached hydrogen (secondary N) is 1. The quantitative estimate of drug-likeness (QED) is 0.294. The molecule has 11 heteroatoms.